The van der Waals surface area contributed by atoms with Crippen molar-refractivity contribution in [3.63, 3.8) is 0 Å². The maximum atomic E-state index is 6.41. The second-order valence-corrected chi connectivity index (χ2v) is 6.63. The van der Waals surface area contributed by atoms with Crippen molar-refractivity contribution >= 4 is 5.71 Å². The molecule has 1 aromatic rings. The molecule has 1 N–H and O–H groups in total. The number of hydrogen-bond acceptors (Lipinski definition) is 5. The number of allylic oxidation sites excluding steroid dienone is 1. The highest BCUT2D eigenvalue weighted by molar-refractivity contribution is 5.97. The molecule has 2 aliphatic heterocycles. The van der Waals surface area contributed by atoms with Crippen LogP contribution < -0.4 is 14.9 Å². The fourth-order valence-corrected chi connectivity index (χ4v) is 4.19. The van der Waals surface area contributed by atoms with E-state index in [4.69, 9.17) is 9.47 Å². The summed E-state index contributed by atoms with van der Waals surface area (Å²) in [6.07, 6.45) is 6.44. The van der Waals surface area contributed by atoms with Crippen molar-refractivity contribution in [1.82, 2.24) is 10.3 Å². The Hall–Kier alpha value is -2.01. The summed E-state index contributed by atoms with van der Waals surface area (Å²) >= 11 is 0. The van der Waals surface area contributed by atoms with E-state index in [2.05, 4.69) is 40.7 Å². The van der Waals surface area contributed by atoms with Crippen molar-refractivity contribution in [2.24, 2.45) is 5.10 Å². The van der Waals surface area contributed by atoms with Crippen LogP contribution in [0.2, 0.25) is 0 Å². The lowest BCUT2D eigenvalue weighted by Gasteiger charge is -2.34. The number of nitrogens with one attached hydrogen (secondary N) is 1. The van der Waals surface area contributed by atoms with E-state index >= 15 is 0 Å². The zero-order valence-corrected chi connectivity index (χ0v) is 13.9. The normalized spacial score (nSPS) is 30.4. The first-order chi connectivity index (χ1) is 11.2. The van der Waals surface area contributed by atoms with Crippen LogP contribution in [0.3, 0.4) is 0 Å². The van der Waals surface area contributed by atoms with Crippen molar-refractivity contribution in [2.75, 3.05) is 27.7 Å². The monoisotopic (exact) mass is 313 g/mol. The maximum Gasteiger partial charge on any atom is 0.166 e. The van der Waals surface area contributed by atoms with Crippen molar-refractivity contribution in [3.8, 4) is 11.5 Å². The van der Waals surface area contributed by atoms with Crippen LogP contribution >= 0.6 is 0 Å². The largest absolute Gasteiger partial charge is 0.493 e. The Balaban J connectivity index is 1.90. The molecule has 1 aliphatic carbocycles. The Morgan fingerprint density at radius 1 is 1.43 bits per heavy atom. The average Bonchev–Trinajstić information content (AvgIpc) is 2.81. The molecule has 4 rings (SSSR count). The van der Waals surface area contributed by atoms with E-state index < -0.39 is 0 Å². The van der Waals surface area contributed by atoms with Gasteiger partial charge in [0.15, 0.2) is 11.5 Å². The van der Waals surface area contributed by atoms with E-state index in [1.54, 1.807) is 7.11 Å². The Bertz CT molecular complexity index is 698. The minimum atomic E-state index is -0.0588. The zero-order valence-electron chi connectivity index (χ0n) is 13.9. The summed E-state index contributed by atoms with van der Waals surface area (Å²) in [5.74, 6) is 1.77. The summed E-state index contributed by atoms with van der Waals surface area (Å²) in [5, 5.41) is 4.35. The fraction of sp³-hybridized carbons (Fsp3) is 0.500. The lowest BCUT2D eigenvalue weighted by molar-refractivity contribution is 0.158. The van der Waals surface area contributed by atoms with Gasteiger partial charge in [0.05, 0.1) is 18.2 Å². The second kappa shape index (κ2) is 5.27. The smallest absolute Gasteiger partial charge is 0.166 e. The standard InChI is InChI=1S/C18H23N3O2/c1-19-20-13-6-7-18-8-9-21(2)11-12-4-5-14(22-3)17(16(12)18)23-15(18)10-13/h4-7,15,19H,8-11H2,1-3H3. The summed E-state index contributed by atoms with van der Waals surface area (Å²) < 4.78 is 12.0. The Kier molecular flexibility index (Phi) is 3.34. The highest BCUT2D eigenvalue weighted by atomic mass is 16.5. The molecule has 1 spiro atoms. The molecular formula is C18H23N3O2. The Morgan fingerprint density at radius 2 is 2.30 bits per heavy atom. The number of rotatable bonds is 2. The van der Waals surface area contributed by atoms with E-state index in [-0.39, 0.29) is 11.5 Å². The molecule has 23 heavy (non-hydrogen) atoms. The zero-order chi connectivity index (χ0) is 16.0. The third kappa shape index (κ3) is 2.06. The predicted molar refractivity (Wildman–Crippen MR) is 90.3 cm³/mol. The quantitative estimate of drug-likeness (QED) is 0.849. The van der Waals surface area contributed by atoms with Gasteiger partial charge in [-0.3, -0.25) is 0 Å². The average molecular weight is 313 g/mol. The van der Waals surface area contributed by atoms with Crippen LogP contribution in [0.5, 0.6) is 11.5 Å². The fourth-order valence-electron chi connectivity index (χ4n) is 4.19. The van der Waals surface area contributed by atoms with Gasteiger partial charge in [-0.25, -0.2) is 0 Å². The molecule has 1 aromatic carbocycles. The number of methoxy groups -OCH3 is 1. The SMILES string of the molecule is CNN=C1C=CC23CCN(C)Cc4ccc(OC)c(c42)OC3C1. The van der Waals surface area contributed by atoms with Gasteiger partial charge in [-0.1, -0.05) is 12.1 Å². The van der Waals surface area contributed by atoms with Crippen LogP contribution in [0.4, 0.5) is 0 Å². The summed E-state index contributed by atoms with van der Waals surface area (Å²) in [6, 6.07) is 4.22. The highest BCUT2D eigenvalue weighted by Gasteiger charge is 2.52. The van der Waals surface area contributed by atoms with Gasteiger partial charge in [-0.15, -0.1) is 0 Å². The first-order valence-electron chi connectivity index (χ1n) is 8.16. The molecular weight excluding hydrogens is 290 g/mol. The third-order valence-corrected chi connectivity index (χ3v) is 5.30. The second-order valence-electron chi connectivity index (χ2n) is 6.63. The lowest BCUT2D eigenvalue weighted by atomic mass is 9.69. The van der Waals surface area contributed by atoms with Crippen LogP contribution in [0.1, 0.15) is 24.0 Å². The Morgan fingerprint density at radius 3 is 3.09 bits per heavy atom. The third-order valence-electron chi connectivity index (χ3n) is 5.30. The van der Waals surface area contributed by atoms with Gasteiger partial charge < -0.3 is 19.8 Å². The number of nitrogens with zero attached hydrogens (tertiary/aromatic N) is 2. The number of hydrazone groups is 1. The first kappa shape index (κ1) is 14.6. The van der Waals surface area contributed by atoms with Gasteiger partial charge in [-0.05, 0) is 37.7 Å². The number of hydrogen-bond donors (Lipinski definition) is 1. The first-order valence-corrected chi connectivity index (χ1v) is 8.16. The summed E-state index contributed by atoms with van der Waals surface area (Å²) in [4.78, 5) is 2.39. The van der Waals surface area contributed by atoms with Crippen molar-refractivity contribution in [2.45, 2.75) is 30.9 Å². The molecule has 3 aliphatic rings. The molecule has 0 radical (unpaired) electrons. The maximum absolute atomic E-state index is 6.41. The van der Waals surface area contributed by atoms with Gasteiger partial charge in [-0.2, -0.15) is 5.10 Å². The van der Waals surface area contributed by atoms with Crippen LogP contribution in [-0.2, 0) is 12.0 Å². The van der Waals surface area contributed by atoms with Gasteiger partial charge in [0, 0.05) is 25.6 Å². The van der Waals surface area contributed by atoms with Crippen LogP contribution in [0.25, 0.3) is 0 Å². The van der Waals surface area contributed by atoms with Gasteiger partial charge in [0.2, 0.25) is 0 Å². The van der Waals surface area contributed by atoms with Gasteiger partial charge >= 0.3 is 0 Å². The molecule has 0 saturated carbocycles. The van der Waals surface area contributed by atoms with Crippen LogP contribution in [-0.4, -0.2) is 44.5 Å². The van der Waals surface area contributed by atoms with Crippen molar-refractivity contribution < 1.29 is 9.47 Å². The predicted octanol–water partition coefficient (Wildman–Crippen LogP) is 2.06. The molecule has 0 fully saturated rings. The Labute approximate surface area is 137 Å². The molecule has 2 atom stereocenters. The highest BCUT2D eigenvalue weighted by Crippen LogP contribution is 2.55. The molecule has 122 valence electrons. The molecule has 0 bridgehead atoms. The van der Waals surface area contributed by atoms with Crippen LogP contribution in [0.15, 0.2) is 29.4 Å². The molecule has 0 amide bonds. The van der Waals surface area contributed by atoms with Gasteiger partial charge in [0.25, 0.3) is 0 Å². The lowest BCUT2D eigenvalue weighted by Crippen LogP contribution is -2.42. The molecule has 0 saturated heterocycles. The van der Waals surface area contributed by atoms with E-state index in [1.807, 2.05) is 13.1 Å². The summed E-state index contributed by atoms with van der Waals surface area (Å²) in [5.41, 5.74) is 6.54. The van der Waals surface area contributed by atoms with Crippen LogP contribution in [0, 0.1) is 0 Å². The minimum Gasteiger partial charge on any atom is -0.493 e. The van der Waals surface area contributed by atoms with E-state index in [1.165, 1.54) is 11.1 Å². The topological polar surface area (TPSA) is 46.1 Å². The molecule has 0 aromatic heterocycles. The summed E-state index contributed by atoms with van der Waals surface area (Å²) in [7, 11) is 5.73. The molecule has 5 nitrogen and oxygen atoms in total. The van der Waals surface area contributed by atoms with E-state index in [0.717, 1.165) is 43.1 Å². The van der Waals surface area contributed by atoms with Gasteiger partial charge in [0.1, 0.15) is 6.10 Å². The van der Waals surface area contributed by atoms with Crippen molar-refractivity contribution in [1.29, 1.82) is 0 Å². The number of benzene rings is 1. The minimum absolute atomic E-state index is 0.0588. The number of ether oxygens (including phenoxy) is 2. The molecule has 2 unspecified atom stereocenters. The molecule has 5 heteroatoms. The summed E-state index contributed by atoms with van der Waals surface area (Å²) in [6.45, 7) is 2.01. The molecule has 2 heterocycles. The van der Waals surface area contributed by atoms with E-state index in [0.29, 0.717) is 0 Å². The van der Waals surface area contributed by atoms with E-state index in [9.17, 15) is 0 Å². The van der Waals surface area contributed by atoms with Crippen molar-refractivity contribution in [3.05, 3.63) is 35.4 Å².